The molecule has 1 aromatic rings. The molecule has 0 unspecified atom stereocenters. The van der Waals surface area contributed by atoms with E-state index in [1.165, 1.54) is 0 Å². The molecule has 0 aliphatic heterocycles. The molecule has 0 aliphatic carbocycles. The van der Waals surface area contributed by atoms with Crippen LogP contribution in [0.4, 0.5) is 0 Å². The molecule has 1 heterocycles. The fraction of sp³-hybridized carbons (Fsp3) is 0.462. The summed E-state index contributed by atoms with van der Waals surface area (Å²) in [6, 6.07) is 5.76. The summed E-state index contributed by atoms with van der Waals surface area (Å²) in [5.41, 5.74) is 1.40. The van der Waals surface area contributed by atoms with Gasteiger partial charge >= 0.3 is 0 Å². The lowest BCUT2D eigenvalue weighted by Gasteiger charge is -2.08. The Kier molecular flexibility index (Phi) is 5.81. The van der Waals surface area contributed by atoms with E-state index in [4.69, 9.17) is 5.26 Å². The van der Waals surface area contributed by atoms with E-state index in [1.54, 1.807) is 12.3 Å². The Morgan fingerprint density at radius 2 is 2.33 bits per heavy atom. The number of hydrogen-bond donors (Lipinski definition) is 2. The maximum Gasteiger partial charge on any atom is 0.221 e. The highest BCUT2D eigenvalue weighted by atomic mass is 16.1. The average Bonchev–Trinajstić information content (AvgIpc) is 2.34. The summed E-state index contributed by atoms with van der Waals surface area (Å²) in [6.45, 7) is 5.12. The molecule has 5 heteroatoms. The van der Waals surface area contributed by atoms with E-state index in [0.29, 0.717) is 25.2 Å². The summed E-state index contributed by atoms with van der Waals surface area (Å²) in [7, 11) is 0. The number of nitriles is 1. The fourth-order valence-electron chi connectivity index (χ4n) is 1.47. The van der Waals surface area contributed by atoms with E-state index >= 15 is 0 Å². The van der Waals surface area contributed by atoms with E-state index < -0.39 is 0 Å². The van der Waals surface area contributed by atoms with Crippen LogP contribution in [0.3, 0.4) is 0 Å². The van der Waals surface area contributed by atoms with Gasteiger partial charge in [0.1, 0.15) is 11.8 Å². The molecular formula is C13H18N4O. The Labute approximate surface area is 107 Å². The summed E-state index contributed by atoms with van der Waals surface area (Å²) >= 11 is 0. The molecule has 2 N–H and O–H groups in total. The van der Waals surface area contributed by atoms with Crippen LogP contribution in [-0.4, -0.2) is 23.5 Å². The number of aromatic nitrogens is 1. The Balaban J connectivity index is 2.25. The van der Waals surface area contributed by atoms with Gasteiger partial charge in [0.05, 0.1) is 0 Å². The van der Waals surface area contributed by atoms with Crippen molar-refractivity contribution in [3.63, 3.8) is 0 Å². The minimum atomic E-state index is 0.0462. The number of carbonyl (C=O) groups excluding carboxylic acids is 1. The van der Waals surface area contributed by atoms with E-state index in [-0.39, 0.29) is 11.9 Å². The molecule has 0 aliphatic rings. The lowest BCUT2D eigenvalue weighted by atomic mass is 10.2. The minimum absolute atomic E-state index is 0.0462. The van der Waals surface area contributed by atoms with Crippen molar-refractivity contribution in [2.75, 3.05) is 6.54 Å². The SMILES string of the molecule is CC(C)NC(=O)CCNCc1ccnc(C#N)c1. The summed E-state index contributed by atoms with van der Waals surface area (Å²) in [6.07, 6.45) is 2.06. The predicted molar refractivity (Wildman–Crippen MR) is 68.6 cm³/mol. The van der Waals surface area contributed by atoms with Gasteiger partial charge in [0.2, 0.25) is 5.91 Å². The zero-order valence-corrected chi connectivity index (χ0v) is 10.7. The summed E-state index contributed by atoms with van der Waals surface area (Å²) in [5.74, 6) is 0.0462. The first-order chi connectivity index (χ1) is 8.61. The molecule has 18 heavy (non-hydrogen) atoms. The summed E-state index contributed by atoms with van der Waals surface area (Å²) < 4.78 is 0. The fourth-order valence-corrected chi connectivity index (χ4v) is 1.47. The van der Waals surface area contributed by atoms with E-state index in [0.717, 1.165) is 5.56 Å². The largest absolute Gasteiger partial charge is 0.354 e. The van der Waals surface area contributed by atoms with Crippen molar-refractivity contribution in [2.45, 2.75) is 32.9 Å². The van der Waals surface area contributed by atoms with Gasteiger partial charge in [0, 0.05) is 31.7 Å². The van der Waals surface area contributed by atoms with Gasteiger partial charge in [-0.1, -0.05) is 0 Å². The van der Waals surface area contributed by atoms with Crippen molar-refractivity contribution in [3.8, 4) is 6.07 Å². The summed E-state index contributed by atoms with van der Waals surface area (Å²) in [5, 5.41) is 14.7. The molecule has 0 spiro atoms. The molecule has 0 aromatic carbocycles. The Hall–Kier alpha value is -1.93. The maximum absolute atomic E-state index is 11.4. The number of carbonyl (C=O) groups is 1. The molecule has 1 aromatic heterocycles. The molecule has 0 fully saturated rings. The highest BCUT2D eigenvalue weighted by Gasteiger charge is 2.02. The molecule has 0 saturated heterocycles. The zero-order valence-electron chi connectivity index (χ0n) is 10.7. The highest BCUT2D eigenvalue weighted by Crippen LogP contribution is 2.00. The first-order valence-electron chi connectivity index (χ1n) is 5.97. The third-order valence-corrected chi connectivity index (χ3v) is 2.25. The van der Waals surface area contributed by atoms with Crippen LogP contribution in [0.15, 0.2) is 18.3 Å². The second-order valence-corrected chi connectivity index (χ2v) is 4.31. The Morgan fingerprint density at radius 1 is 1.56 bits per heavy atom. The van der Waals surface area contributed by atoms with Gasteiger partial charge in [-0.3, -0.25) is 4.79 Å². The molecule has 5 nitrogen and oxygen atoms in total. The molecular weight excluding hydrogens is 228 g/mol. The van der Waals surface area contributed by atoms with Crippen molar-refractivity contribution in [2.24, 2.45) is 0 Å². The lowest BCUT2D eigenvalue weighted by molar-refractivity contribution is -0.121. The van der Waals surface area contributed by atoms with Crippen LogP contribution in [-0.2, 0) is 11.3 Å². The van der Waals surface area contributed by atoms with Crippen LogP contribution in [0, 0.1) is 11.3 Å². The van der Waals surface area contributed by atoms with E-state index in [9.17, 15) is 4.79 Å². The number of rotatable bonds is 6. The molecule has 1 rings (SSSR count). The second-order valence-electron chi connectivity index (χ2n) is 4.31. The van der Waals surface area contributed by atoms with Crippen molar-refractivity contribution in [1.29, 1.82) is 5.26 Å². The van der Waals surface area contributed by atoms with Crippen molar-refractivity contribution >= 4 is 5.91 Å². The third kappa shape index (κ3) is 5.41. The first kappa shape index (κ1) is 14.1. The van der Waals surface area contributed by atoms with Crippen molar-refractivity contribution < 1.29 is 4.79 Å². The van der Waals surface area contributed by atoms with E-state index in [1.807, 2.05) is 26.0 Å². The van der Waals surface area contributed by atoms with Crippen LogP contribution in [0.1, 0.15) is 31.5 Å². The smallest absolute Gasteiger partial charge is 0.221 e. The molecule has 0 radical (unpaired) electrons. The number of nitrogens with one attached hydrogen (secondary N) is 2. The molecule has 0 saturated carbocycles. The Morgan fingerprint density at radius 3 is 3.00 bits per heavy atom. The molecule has 1 amide bonds. The van der Waals surface area contributed by atoms with Gasteiger partial charge in [0.25, 0.3) is 0 Å². The van der Waals surface area contributed by atoms with Crippen LogP contribution >= 0.6 is 0 Å². The number of pyridine rings is 1. The van der Waals surface area contributed by atoms with Crippen LogP contribution in [0.2, 0.25) is 0 Å². The Bertz CT molecular complexity index is 437. The third-order valence-electron chi connectivity index (χ3n) is 2.25. The maximum atomic E-state index is 11.4. The number of amides is 1. The van der Waals surface area contributed by atoms with Crippen molar-refractivity contribution in [1.82, 2.24) is 15.6 Å². The van der Waals surface area contributed by atoms with Crippen LogP contribution < -0.4 is 10.6 Å². The first-order valence-corrected chi connectivity index (χ1v) is 5.97. The van der Waals surface area contributed by atoms with Gasteiger partial charge < -0.3 is 10.6 Å². The van der Waals surface area contributed by atoms with Gasteiger partial charge in [-0.25, -0.2) is 4.98 Å². The molecule has 96 valence electrons. The zero-order chi connectivity index (χ0) is 13.4. The lowest BCUT2D eigenvalue weighted by Crippen LogP contribution is -2.32. The predicted octanol–water partition coefficient (Wildman–Crippen LogP) is 0.958. The number of hydrogen-bond acceptors (Lipinski definition) is 4. The van der Waals surface area contributed by atoms with Gasteiger partial charge in [-0.2, -0.15) is 5.26 Å². The molecule has 0 atom stereocenters. The topological polar surface area (TPSA) is 77.8 Å². The van der Waals surface area contributed by atoms with Crippen molar-refractivity contribution in [3.05, 3.63) is 29.6 Å². The standard InChI is InChI=1S/C13H18N4O/c1-10(2)17-13(18)4-5-15-9-11-3-6-16-12(7-11)8-14/h3,6-7,10,15H,4-5,9H2,1-2H3,(H,17,18). The van der Waals surface area contributed by atoms with Gasteiger partial charge in [-0.05, 0) is 31.5 Å². The number of nitrogens with zero attached hydrogens (tertiary/aromatic N) is 2. The van der Waals surface area contributed by atoms with Gasteiger partial charge in [-0.15, -0.1) is 0 Å². The highest BCUT2D eigenvalue weighted by molar-refractivity contribution is 5.76. The quantitative estimate of drug-likeness (QED) is 0.733. The van der Waals surface area contributed by atoms with Crippen LogP contribution in [0.5, 0.6) is 0 Å². The molecule has 0 bridgehead atoms. The van der Waals surface area contributed by atoms with Crippen LogP contribution in [0.25, 0.3) is 0 Å². The normalized spacial score (nSPS) is 10.1. The monoisotopic (exact) mass is 246 g/mol. The van der Waals surface area contributed by atoms with Gasteiger partial charge in [0.15, 0.2) is 0 Å². The van der Waals surface area contributed by atoms with E-state index in [2.05, 4.69) is 15.6 Å². The minimum Gasteiger partial charge on any atom is -0.354 e. The summed E-state index contributed by atoms with van der Waals surface area (Å²) in [4.78, 5) is 15.3. The average molecular weight is 246 g/mol. The second kappa shape index (κ2) is 7.41.